The summed E-state index contributed by atoms with van der Waals surface area (Å²) in [6.45, 7) is 2.88. The number of hydrogen-bond acceptors (Lipinski definition) is 3. The van der Waals surface area contributed by atoms with E-state index in [0.29, 0.717) is 13.1 Å². The van der Waals surface area contributed by atoms with Gasteiger partial charge >= 0.3 is 6.03 Å². The van der Waals surface area contributed by atoms with Gasteiger partial charge in [-0.2, -0.15) is 0 Å². The number of primary amides is 1. The molecule has 1 fully saturated rings. The number of nitrogens with one attached hydrogen (secondary N) is 2. The van der Waals surface area contributed by atoms with Crippen LogP contribution in [0.4, 0.5) is 14.9 Å². The van der Waals surface area contributed by atoms with E-state index in [4.69, 9.17) is 5.73 Å². The van der Waals surface area contributed by atoms with Crippen molar-refractivity contribution >= 4 is 17.6 Å². The second kappa shape index (κ2) is 7.97. The number of urea groups is 1. The van der Waals surface area contributed by atoms with Gasteiger partial charge in [0.15, 0.2) is 6.04 Å². The average molecular weight is 357 g/mol. The second-order valence-corrected chi connectivity index (χ2v) is 6.32. The third-order valence-electron chi connectivity index (χ3n) is 4.65. The van der Waals surface area contributed by atoms with Crippen LogP contribution in [0.5, 0.6) is 0 Å². The zero-order valence-electron chi connectivity index (χ0n) is 14.3. The number of rotatable bonds is 4. The Bertz CT molecular complexity index is 759. The predicted molar refractivity (Wildman–Crippen MR) is 96.2 cm³/mol. The summed E-state index contributed by atoms with van der Waals surface area (Å²) in [6, 6.07) is 14.4. The first-order valence-corrected chi connectivity index (χ1v) is 8.55. The molecule has 0 unspecified atom stereocenters. The van der Waals surface area contributed by atoms with Gasteiger partial charge in [-0.1, -0.05) is 30.3 Å². The number of amides is 3. The molecular formula is C19H22FN4O2+. The zero-order chi connectivity index (χ0) is 18.5. The van der Waals surface area contributed by atoms with Crippen LogP contribution in [0.15, 0.2) is 54.6 Å². The van der Waals surface area contributed by atoms with Gasteiger partial charge < -0.3 is 15.5 Å². The van der Waals surface area contributed by atoms with Crippen molar-refractivity contribution in [1.29, 1.82) is 0 Å². The molecule has 1 heterocycles. The fraction of sp³-hybridized carbons (Fsp3) is 0.263. The van der Waals surface area contributed by atoms with Gasteiger partial charge in [0.1, 0.15) is 5.82 Å². The second-order valence-electron chi connectivity index (χ2n) is 6.32. The highest BCUT2D eigenvalue weighted by atomic mass is 19.1. The molecule has 0 spiro atoms. The summed E-state index contributed by atoms with van der Waals surface area (Å²) < 4.78 is 13.1. The minimum absolute atomic E-state index is 0.259. The van der Waals surface area contributed by atoms with E-state index in [2.05, 4.69) is 10.2 Å². The minimum Gasteiger partial charge on any atom is -0.360 e. The van der Waals surface area contributed by atoms with E-state index in [1.165, 1.54) is 12.1 Å². The molecule has 0 saturated carbocycles. The van der Waals surface area contributed by atoms with E-state index in [0.717, 1.165) is 29.2 Å². The third-order valence-corrected chi connectivity index (χ3v) is 4.65. The maximum absolute atomic E-state index is 13.1. The van der Waals surface area contributed by atoms with Crippen molar-refractivity contribution in [3.05, 3.63) is 66.0 Å². The number of carbonyl (C=O) groups excluding carboxylic acids is 2. The van der Waals surface area contributed by atoms with Gasteiger partial charge in [-0.15, -0.1) is 0 Å². The number of halogens is 1. The molecule has 0 aliphatic carbocycles. The van der Waals surface area contributed by atoms with E-state index in [-0.39, 0.29) is 5.82 Å². The first-order valence-electron chi connectivity index (χ1n) is 8.55. The van der Waals surface area contributed by atoms with Crippen molar-refractivity contribution in [3.63, 3.8) is 0 Å². The number of imide groups is 1. The summed E-state index contributed by atoms with van der Waals surface area (Å²) in [6.07, 6.45) is 0. The van der Waals surface area contributed by atoms with Crippen LogP contribution in [0.3, 0.4) is 0 Å². The number of benzene rings is 2. The summed E-state index contributed by atoms with van der Waals surface area (Å²) in [7, 11) is 0. The van der Waals surface area contributed by atoms with Crippen molar-refractivity contribution in [1.82, 2.24) is 5.32 Å². The third kappa shape index (κ3) is 4.18. The quantitative estimate of drug-likeness (QED) is 0.744. The van der Waals surface area contributed by atoms with Crippen molar-refractivity contribution < 1.29 is 18.9 Å². The van der Waals surface area contributed by atoms with Crippen LogP contribution in [0.2, 0.25) is 0 Å². The molecule has 3 rings (SSSR count). The number of hydrogen-bond donors (Lipinski definition) is 3. The molecule has 3 amide bonds. The Morgan fingerprint density at radius 3 is 2.23 bits per heavy atom. The molecule has 2 aromatic carbocycles. The Labute approximate surface area is 151 Å². The fourth-order valence-electron chi connectivity index (χ4n) is 3.40. The van der Waals surface area contributed by atoms with Crippen molar-refractivity contribution in [2.45, 2.75) is 6.04 Å². The summed E-state index contributed by atoms with van der Waals surface area (Å²) in [5.41, 5.74) is 6.94. The van der Waals surface area contributed by atoms with E-state index >= 15 is 0 Å². The molecule has 1 aliphatic heterocycles. The normalized spacial score (nSPS) is 16.1. The standard InChI is InChI=1S/C19H21FN4O2/c20-15-6-8-16(9-7-15)23-10-12-24(13-11-23)17(18(25)22-19(21)26)14-4-2-1-3-5-14/h1-9,17H,10-13H2,(H3,21,22,25,26)/p+1/t17-/m0/s1. The number of piperazine rings is 1. The Morgan fingerprint density at radius 1 is 1.04 bits per heavy atom. The monoisotopic (exact) mass is 357 g/mol. The van der Waals surface area contributed by atoms with E-state index in [1.54, 1.807) is 12.1 Å². The molecule has 1 atom stereocenters. The molecule has 7 heteroatoms. The molecule has 2 aromatic rings. The smallest absolute Gasteiger partial charge is 0.319 e. The highest BCUT2D eigenvalue weighted by molar-refractivity contribution is 5.96. The fourth-order valence-corrected chi connectivity index (χ4v) is 3.40. The van der Waals surface area contributed by atoms with E-state index in [9.17, 15) is 14.0 Å². The van der Waals surface area contributed by atoms with Gasteiger partial charge in [-0.05, 0) is 24.3 Å². The van der Waals surface area contributed by atoms with Gasteiger partial charge in [0.05, 0.1) is 26.2 Å². The van der Waals surface area contributed by atoms with Gasteiger partial charge in [0.2, 0.25) is 0 Å². The molecule has 4 N–H and O–H groups in total. The molecule has 0 aromatic heterocycles. The lowest BCUT2D eigenvalue weighted by Gasteiger charge is -2.37. The first kappa shape index (κ1) is 17.9. The number of quaternary nitrogens is 1. The van der Waals surface area contributed by atoms with Crippen molar-refractivity contribution in [2.24, 2.45) is 5.73 Å². The van der Waals surface area contributed by atoms with E-state index < -0.39 is 18.0 Å². The number of carbonyl (C=O) groups is 2. The van der Waals surface area contributed by atoms with Gasteiger partial charge in [0, 0.05) is 11.3 Å². The molecular weight excluding hydrogens is 335 g/mol. The van der Waals surface area contributed by atoms with Crippen LogP contribution in [0.25, 0.3) is 0 Å². The molecule has 0 radical (unpaired) electrons. The number of nitrogens with two attached hydrogens (primary N) is 1. The van der Waals surface area contributed by atoms with Gasteiger partial charge in [0.25, 0.3) is 5.91 Å². The molecule has 6 nitrogen and oxygen atoms in total. The van der Waals surface area contributed by atoms with Gasteiger partial charge in [-0.3, -0.25) is 10.1 Å². The molecule has 1 aliphatic rings. The van der Waals surface area contributed by atoms with Gasteiger partial charge in [-0.25, -0.2) is 9.18 Å². The lowest BCUT2D eigenvalue weighted by Crippen LogP contribution is -3.16. The van der Waals surface area contributed by atoms with Crippen molar-refractivity contribution in [3.8, 4) is 0 Å². The van der Waals surface area contributed by atoms with Crippen LogP contribution in [-0.2, 0) is 4.79 Å². The summed E-state index contributed by atoms with van der Waals surface area (Å²) in [5, 5.41) is 2.21. The maximum Gasteiger partial charge on any atom is 0.319 e. The largest absolute Gasteiger partial charge is 0.360 e. The zero-order valence-corrected chi connectivity index (χ0v) is 14.3. The summed E-state index contributed by atoms with van der Waals surface area (Å²) in [5.74, 6) is -0.654. The molecule has 26 heavy (non-hydrogen) atoms. The van der Waals surface area contributed by atoms with Crippen LogP contribution in [0.1, 0.15) is 11.6 Å². The molecule has 136 valence electrons. The lowest BCUT2D eigenvalue weighted by atomic mass is 10.0. The summed E-state index contributed by atoms with van der Waals surface area (Å²) in [4.78, 5) is 26.9. The highest BCUT2D eigenvalue weighted by Crippen LogP contribution is 2.16. The molecule has 1 saturated heterocycles. The number of nitrogens with zero attached hydrogens (tertiary/aromatic N) is 1. The molecule has 0 bridgehead atoms. The summed E-state index contributed by atoms with van der Waals surface area (Å²) >= 11 is 0. The minimum atomic E-state index is -0.847. The Morgan fingerprint density at radius 2 is 1.65 bits per heavy atom. The van der Waals surface area contributed by atoms with Crippen LogP contribution < -0.4 is 20.9 Å². The van der Waals surface area contributed by atoms with Crippen LogP contribution in [0, 0.1) is 5.82 Å². The van der Waals surface area contributed by atoms with E-state index in [1.807, 2.05) is 30.3 Å². The average Bonchev–Trinajstić information content (AvgIpc) is 2.63. The lowest BCUT2D eigenvalue weighted by molar-refractivity contribution is -0.922. The Balaban J connectivity index is 1.73. The number of anilines is 1. The van der Waals surface area contributed by atoms with Crippen LogP contribution >= 0.6 is 0 Å². The Kier molecular flexibility index (Phi) is 5.48. The SMILES string of the molecule is NC(=O)NC(=O)[C@H](c1ccccc1)[NH+]1CCN(c2ccc(F)cc2)CC1. The van der Waals surface area contributed by atoms with Crippen molar-refractivity contribution in [2.75, 3.05) is 31.1 Å². The van der Waals surface area contributed by atoms with Crippen LogP contribution in [-0.4, -0.2) is 38.1 Å². The topological polar surface area (TPSA) is 79.9 Å². The Hall–Kier alpha value is -2.93. The maximum atomic E-state index is 13.1. The highest BCUT2D eigenvalue weighted by Gasteiger charge is 2.34. The predicted octanol–water partition coefficient (Wildman–Crippen LogP) is 0.467. The first-order chi connectivity index (χ1) is 12.5.